The van der Waals surface area contributed by atoms with E-state index in [1.807, 2.05) is 88.4 Å². The number of esters is 1. The molecule has 12 heteroatoms. The number of carbonyl (C=O) groups is 2. The van der Waals surface area contributed by atoms with Crippen molar-refractivity contribution in [2.75, 3.05) is 18.4 Å². The molecule has 4 aromatic carbocycles. The zero-order valence-electron chi connectivity index (χ0n) is 32.7. The Morgan fingerprint density at radius 1 is 0.911 bits per heavy atom. The molecular weight excluding hydrogens is 731 g/mol. The zero-order valence-corrected chi connectivity index (χ0v) is 33.5. The highest BCUT2D eigenvalue weighted by atomic mass is 32.2. The molecule has 4 aromatic rings. The summed E-state index contributed by atoms with van der Waals surface area (Å²) in [6.07, 6.45) is 0.131. The van der Waals surface area contributed by atoms with Gasteiger partial charge < -0.3 is 24.6 Å². The number of ether oxygens (including phenoxy) is 3. The third-order valence-electron chi connectivity index (χ3n) is 10.2. The molecule has 1 amide bonds. The predicted octanol–water partition coefficient (Wildman–Crippen LogP) is 6.61. The first kappa shape index (κ1) is 41.2. The van der Waals surface area contributed by atoms with Crippen molar-refractivity contribution in [3.05, 3.63) is 131 Å². The first-order valence-electron chi connectivity index (χ1n) is 19.2. The van der Waals surface area contributed by atoms with Gasteiger partial charge in [-0.3, -0.25) is 14.5 Å². The highest BCUT2D eigenvalue weighted by Crippen LogP contribution is 2.43. The Balaban J connectivity index is 1.25. The van der Waals surface area contributed by atoms with Crippen LogP contribution in [0.15, 0.2) is 108 Å². The third kappa shape index (κ3) is 10.5. The van der Waals surface area contributed by atoms with Gasteiger partial charge in [0.1, 0.15) is 17.7 Å². The second-order valence-corrected chi connectivity index (χ2v) is 17.5. The van der Waals surface area contributed by atoms with Gasteiger partial charge in [-0.15, -0.1) is 0 Å². The van der Waals surface area contributed by atoms with Gasteiger partial charge in [-0.25, -0.2) is 8.42 Å². The molecule has 6 rings (SSSR count). The molecule has 0 unspecified atom stereocenters. The molecule has 2 heterocycles. The van der Waals surface area contributed by atoms with Gasteiger partial charge in [-0.05, 0) is 94.5 Å². The summed E-state index contributed by atoms with van der Waals surface area (Å²) in [5, 5.41) is 12.6. The fourth-order valence-electron chi connectivity index (χ4n) is 7.24. The molecule has 0 spiro atoms. The normalized spacial score (nSPS) is 22.4. The molecule has 6 atom stereocenters. The van der Waals surface area contributed by atoms with Crippen LogP contribution in [-0.4, -0.2) is 67.2 Å². The van der Waals surface area contributed by atoms with Crippen LogP contribution in [0.4, 0.5) is 5.69 Å². The first-order chi connectivity index (χ1) is 26.7. The van der Waals surface area contributed by atoms with Crippen LogP contribution in [0.1, 0.15) is 80.7 Å². The maximum absolute atomic E-state index is 14.0. The van der Waals surface area contributed by atoms with Gasteiger partial charge >= 0.3 is 5.97 Å². The maximum atomic E-state index is 14.0. The smallest absolute Gasteiger partial charge is 0.323 e. The average Bonchev–Trinajstić information content (AvgIpc) is 3.64. The highest BCUT2D eigenvalue weighted by molar-refractivity contribution is 7.89. The second-order valence-electron chi connectivity index (χ2n) is 15.8. The van der Waals surface area contributed by atoms with E-state index in [1.54, 1.807) is 30.3 Å². The minimum absolute atomic E-state index is 0.0678. The molecule has 2 aliphatic rings. The van der Waals surface area contributed by atoms with Crippen molar-refractivity contribution in [2.45, 2.75) is 102 Å². The topological polar surface area (TPSA) is 144 Å². The number of anilines is 1. The SMILES string of the molecule is Cc1ccc(S(=O)(=O)N[C@H](Cc2ccccc2)C(=O)Nc2cccc([C@H]3O[C@@H](CN4CCC[C@H]4C(=O)OC(C)(C)C)[C@@H](C)[C@@H](c4ccc(CO)cc4)O3)c2)cc1. The standard InChI is InChI=1S/C44H53N3O8S/c1-29-16-22-36(23-17-29)56(51,52)46-37(25-31-11-7-6-8-12-31)41(49)45-35-14-9-13-34(26-35)43-53-39(27-47-24-10-15-38(47)42(50)55-44(3,4)5)30(2)40(54-43)33-20-18-32(28-48)19-21-33/h6-9,11-14,16-23,26,30,37-40,43,46,48H,10,15,24-25,27-28H2,1-5H3,(H,45,49)/t30-,37-,38+,39+,40+,43+/m1/s1. The molecule has 0 radical (unpaired) electrons. The van der Waals surface area contributed by atoms with Gasteiger partial charge in [0.05, 0.1) is 23.7 Å². The second kappa shape index (κ2) is 17.8. The number of amides is 1. The van der Waals surface area contributed by atoms with Crippen LogP contribution >= 0.6 is 0 Å². The highest BCUT2D eigenvalue weighted by Gasteiger charge is 2.42. The number of hydrogen-bond donors (Lipinski definition) is 3. The van der Waals surface area contributed by atoms with Crippen LogP contribution in [0.25, 0.3) is 0 Å². The van der Waals surface area contributed by atoms with Crippen LogP contribution in [0.5, 0.6) is 0 Å². The molecule has 2 saturated heterocycles. The van der Waals surface area contributed by atoms with Crippen molar-refractivity contribution >= 4 is 27.6 Å². The summed E-state index contributed by atoms with van der Waals surface area (Å²) in [4.78, 5) is 29.4. The number of aliphatic hydroxyl groups is 1. The first-order valence-corrected chi connectivity index (χ1v) is 20.7. The van der Waals surface area contributed by atoms with E-state index < -0.39 is 40.0 Å². The summed E-state index contributed by atoms with van der Waals surface area (Å²) in [6.45, 7) is 10.7. The lowest BCUT2D eigenvalue weighted by Crippen LogP contribution is -2.48. The van der Waals surface area contributed by atoms with Crippen LogP contribution < -0.4 is 10.0 Å². The van der Waals surface area contributed by atoms with Crippen molar-refractivity contribution in [1.82, 2.24) is 9.62 Å². The molecule has 3 N–H and O–H groups in total. The van der Waals surface area contributed by atoms with Gasteiger partial charge in [-0.1, -0.05) is 91.3 Å². The fraction of sp³-hybridized carbons (Fsp3) is 0.409. The van der Waals surface area contributed by atoms with Crippen LogP contribution in [0.3, 0.4) is 0 Å². The summed E-state index contributed by atoms with van der Waals surface area (Å²) in [5.41, 5.74) is 3.92. The number of carbonyl (C=O) groups excluding carboxylic acids is 2. The molecule has 0 saturated carbocycles. The Labute approximate surface area is 330 Å². The monoisotopic (exact) mass is 783 g/mol. The molecule has 0 aromatic heterocycles. The molecule has 298 valence electrons. The lowest BCUT2D eigenvalue weighted by atomic mass is 9.90. The minimum atomic E-state index is -4.03. The summed E-state index contributed by atoms with van der Waals surface area (Å²) in [6, 6.07) is 29.0. The predicted molar refractivity (Wildman–Crippen MR) is 214 cm³/mol. The van der Waals surface area contributed by atoms with E-state index in [1.165, 1.54) is 12.1 Å². The Kier molecular flexibility index (Phi) is 13.1. The number of nitrogens with one attached hydrogen (secondary N) is 2. The quantitative estimate of drug-likeness (QED) is 0.128. The third-order valence-corrected chi connectivity index (χ3v) is 11.7. The molecule has 2 aliphatic heterocycles. The number of rotatable bonds is 13. The van der Waals surface area contributed by atoms with Gasteiger partial charge in [-0.2, -0.15) is 4.72 Å². The summed E-state index contributed by atoms with van der Waals surface area (Å²) in [5.74, 6) is -0.880. The number of hydrogen-bond acceptors (Lipinski definition) is 9. The van der Waals surface area contributed by atoms with E-state index >= 15 is 0 Å². The summed E-state index contributed by atoms with van der Waals surface area (Å²) in [7, 11) is -4.03. The lowest BCUT2D eigenvalue weighted by molar-refractivity contribution is -0.276. The van der Waals surface area contributed by atoms with Crippen LogP contribution in [0.2, 0.25) is 0 Å². The summed E-state index contributed by atoms with van der Waals surface area (Å²) < 4.78 is 48.8. The fourth-order valence-corrected chi connectivity index (χ4v) is 8.44. The van der Waals surface area contributed by atoms with Gasteiger partial charge in [0, 0.05) is 23.7 Å². The number of sulfonamides is 1. The van der Waals surface area contributed by atoms with Crippen molar-refractivity contribution in [2.24, 2.45) is 5.92 Å². The molecule has 56 heavy (non-hydrogen) atoms. The largest absolute Gasteiger partial charge is 0.459 e. The molecule has 0 aliphatic carbocycles. The Hall–Kier alpha value is -4.43. The van der Waals surface area contributed by atoms with Gasteiger partial charge in [0.15, 0.2) is 6.29 Å². The Morgan fingerprint density at radius 2 is 1.62 bits per heavy atom. The minimum Gasteiger partial charge on any atom is -0.459 e. The van der Waals surface area contributed by atoms with E-state index in [9.17, 15) is 23.1 Å². The van der Waals surface area contributed by atoms with Crippen molar-refractivity contribution in [1.29, 1.82) is 0 Å². The van der Waals surface area contributed by atoms with E-state index in [0.717, 1.165) is 35.2 Å². The number of benzene rings is 4. The van der Waals surface area contributed by atoms with E-state index in [2.05, 4.69) is 21.9 Å². The van der Waals surface area contributed by atoms with E-state index in [0.29, 0.717) is 24.2 Å². The average molecular weight is 784 g/mol. The number of nitrogens with zero attached hydrogens (tertiary/aromatic N) is 1. The van der Waals surface area contributed by atoms with Crippen LogP contribution in [0, 0.1) is 12.8 Å². The maximum Gasteiger partial charge on any atom is 0.323 e. The van der Waals surface area contributed by atoms with Crippen molar-refractivity contribution in [3.63, 3.8) is 0 Å². The molecule has 0 bridgehead atoms. The van der Waals surface area contributed by atoms with Crippen molar-refractivity contribution < 1.29 is 37.3 Å². The molecular formula is C44H53N3O8S. The lowest BCUT2D eigenvalue weighted by Gasteiger charge is -2.43. The Morgan fingerprint density at radius 3 is 2.30 bits per heavy atom. The molecule has 11 nitrogen and oxygen atoms in total. The van der Waals surface area contributed by atoms with Crippen LogP contribution in [-0.2, 0) is 46.9 Å². The Bertz CT molecular complexity index is 2050. The number of aryl methyl sites for hydroxylation is 1. The van der Waals surface area contributed by atoms with E-state index in [-0.39, 0.29) is 42.0 Å². The zero-order chi connectivity index (χ0) is 40.0. The van der Waals surface area contributed by atoms with E-state index in [4.69, 9.17) is 14.2 Å². The molecule has 2 fully saturated rings. The number of aliphatic hydroxyl groups excluding tert-OH is 1. The van der Waals surface area contributed by atoms with Gasteiger partial charge in [0.2, 0.25) is 15.9 Å². The number of likely N-dealkylation sites (tertiary alicyclic amines) is 1. The van der Waals surface area contributed by atoms with Crippen molar-refractivity contribution in [3.8, 4) is 0 Å². The van der Waals surface area contributed by atoms with Gasteiger partial charge in [0.25, 0.3) is 0 Å². The summed E-state index contributed by atoms with van der Waals surface area (Å²) >= 11 is 0.